The van der Waals surface area contributed by atoms with Crippen molar-refractivity contribution < 1.29 is 19.4 Å². The van der Waals surface area contributed by atoms with Gasteiger partial charge in [-0.15, -0.1) is 0 Å². The van der Waals surface area contributed by atoms with Gasteiger partial charge in [-0.3, -0.25) is 14.5 Å². The van der Waals surface area contributed by atoms with Crippen LogP contribution in [0.15, 0.2) is 18.2 Å². The minimum Gasteiger partial charge on any atom is -0.496 e. The summed E-state index contributed by atoms with van der Waals surface area (Å²) >= 11 is 0. The third kappa shape index (κ3) is 3.35. The highest BCUT2D eigenvalue weighted by Crippen LogP contribution is 2.43. The summed E-state index contributed by atoms with van der Waals surface area (Å²) in [6, 6.07) is 5.14. The molecule has 6 nitrogen and oxygen atoms in total. The second kappa shape index (κ2) is 6.67. The van der Waals surface area contributed by atoms with Crippen LogP contribution < -0.4 is 4.74 Å². The number of likely N-dealkylation sites (tertiary alicyclic amines) is 2. The molecule has 1 aromatic carbocycles. The van der Waals surface area contributed by atoms with Crippen LogP contribution in [0, 0.1) is 12.3 Å². The number of ether oxygens (including phenoxy) is 1. The topological polar surface area (TPSA) is 70.1 Å². The Balaban J connectivity index is 1.66. The quantitative estimate of drug-likeness (QED) is 0.907. The molecule has 0 aromatic heterocycles. The number of aryl methyl sites for hydroxylation is 1. The van der Waals surface area contributed by atoms with E-state index in [-0.39, 0.29) is 11.3 Å². The van der Waals surface area contributed by atoms with Crippen LogP contribution in [0.3, 0.4) is 0 Å². The number of amides is 1. The molecule has 2 heterocycles. The number of aliphatic carboxylic acids is 1. The van der Waals surface area contributed by atoms with Crippen molar-refractivity contribution in [1.82, 2.24) is 9.80 Å². The molecule has 1 atom stereocenters. The Kier molecular flexibility index (Phi) is 4.73. The summed E-state index contributed by atoms with van der Waals surface area (Å²) < 4.78 is 5.31. The van der Waals surface area contributed by atoms with Crippen LogP contribution in [0.1, 0.15) is 35.2 Å². The van der Waals surface area contributed by atoms with Crippen LogP contribution in [0.2, 0.25) is 0 Å². The van der Waals surface area contributed by atoms with Crippen LogP contribution in [-0.2, 0) is 4.79 Å². The second-order valence-corrected chi connectivity index (χ2v) is 7.45. The number of rotatable bonds is 3. The standard InChI is InChI=1S/C19H26N2O4/c1-13-4-5-14(10-16(13)25-3)17(22)21-8-6-19(7-9-21)11-15(18(23)24)20(2)12-19/h4-5,10,15H,6-9,11-12H2,1-3H3,(H,23,24)/t15-/m1/s1. The minimum absolute atomic E-state index is 0.0225. The molecule has 3 rings (SSSR count). The van der Waals surface area contributed by atoms with Gasteiger partial charge in [-0.1, -0.05) is 6.07 Å². The van der Waals surface area contributed by atoms with E-state index in [1.807, 2.05) is 35.9 Å². The molecule has 2 saturated heterocycles. The molecule has 25 heavy (non-hydrogen) atoms. The van der Waals surface area contributed by atoms with Gasteiger partial charge in [0.15, 0.2) is 0 Å². The molecule has 0 radical (unpaired) electrons. The number of piperidine rings is 1. The molecule has 0 bridgehead atoms. The molecule has 2 aliphatic rings. The van der Waals surface area contributed by atoms with Gasteiger partial charge in [0.2, 0.25) is 0 Å². The van der Waals surface area contributed by atoms with E-state index in [9.17, 15) is 14.7 Å². The van der Waals surface area contributed by atoms with Gasteiger partial charge in [-0.2, -0.15) is 0 Å². The first kappa shape index (κ1) is 17.7. The number of carbonyl (C=O) groups excluding carboxylic acids is 1. The van der Waals surface area contributed by atoms with E-state index in [1.165, 1.54) is 0 Å². The molecule has 1 N–H and O–H groups in total. The molecule has 1 spiro atoms. The Labute approximate surface area is 148 Å². The third-order valence-electron chi connectivity index (χ3n) is 5.79. The lowest BCUT2D eigenvalue weighted by atomic mass is 9.76. The number of carboxylic acid groups (broad SMARTS) is 1. The summed E-state index contributed by atoms with van der Waals surface area (Å²) in [6.07, 6.45) is 2.39. The first-order valence-electron chi connectivity index (χ1n) is 8.72. The van der Waals surface area contributed by atoms with E-state index < -0.39 is 12.0 Å². The maximum absolute atomic E-state index is 12.8. The Hall–Kier alpha value is -2.08. The summed E-state index contributed by atoms with van der Waals surface area (Å²) in [5.74, 6) is -0.0000325. The lowest BCUT2D eigenvalue weighted by Crippen LogP contribution is -2.44. The zero-order valence-corrected chi connectivity index (χ0v) is 15.1. The average Bonchev–Trinajstić information content (AvgIpc) is 2.92. The van der Waals surface area contributed by atoms with Gasteiger partial charge in [0.1, 0.15) is 11.8 Å². The van der Waals surface area contributed by atoms with Crippen LogP contribution in [0.25, 0.3) is 0 Å². The normalized spacial score (nSPS) is 23.0. The third-order valence-corrected chi connectivity index (χ3v) is 5.79. The van der Waals surface area contributed by atoms with Gasteiger partial charge >= 0.3 is 5.97 Å². The van der Waals surface area contributed by atoms with E-state index >= 15 is 0 Å². The largest absolute Gasteiger partial charge is 0.496 e. The molecule has 6 heteroatoms. The molecule has 0 unspecified atom stereocenters. The van der Waals surface area contributed by atoms with Crippen LogP contribution in [-0.4, -0.2) is 66.6 Å². The Morgan fingerprint density at radius 2 is 1.96 bits per heavy atom. The fourth-order valence-corrected chi connectivity index (χ4v) is 4.23. The molecule has 136 valence electrons. The van der Waals surface area contributed by atoms with E-state index in [0.717, 1.165) is 30.7 Å². The van der Waals surface area contributed by atoms with Crippen LogP contribution in [0.5, 0.6) is 5.75 Å². The summed E-state index contributed by atoms with van der Waals surface area (Å²) in [6.45, 7) is 4.10. The number of nitrogens with zero attached hydrogens (tertiary/aromatic N) is 2. The Morgan fingerprint density at radius 3 is 2.52 bits per heavy atom. The number of benzene rings is 1. The van der Waals surface area contributed by atoms with Crippen molar-refractivity contribution in [1.29, 1.82) is 0 Å². The first-order chi connectivity index (χ1) is 11.8. The number of hydrogen-bond acceptors (Lipinski definition) is 4. The number of likely N-dealkylation sites (N-methyl/N-ethyl adjacent to an activating group) is 1. The van der Waals surface area contributed by atoms with Crippen molar-refractivity contribution in [2.45, 2.75) is 32.2 Å². The van der Waals surface area contributed by atoms with Gasteiger partial charge in [0, 0.05) is 25.2 Å². The molecule has 0 aliphatic carbocycles. The lowest BCUT2D eigenvalue weighted by molar-refractivity contribution is -0.141. The number of carboxylic acids is 1. The highest BCUT2D eigenvalue weighted by Gasteiger charge is 2.47. The smallest absolute Gasteiger partial charge is 0.320 e. The first-order valence-corrected chi connectivity index (χ1v) is 8.72. The van der Waals surface area contributed by atoms with Crippen molar-refractivity contribution in [2.24, 2.45) is 5.41 Å². The number of hydrogen-bond donors (Lipinski definition) is 1. The van der Waals surface area contributed by atoms with Crippen LogP contribution >= 0.6 is 0 Å². The van der Waals surface area contributed by atoms with Gasteiger partial charge < -0.3 is 14.7 Å². The van der Waals surface area contributed by atoms with Crippen molar-refractivity contribution in [2.75, 3.05) is 33.8 Å². The molecule has 2 aliphatic heterocycles. The summed E-state index contributed by atoms with van der Waals surface area (Å²) in [5.41, 5.74) is 1.68. The highest BCUT2D eigenvalue weighted by molar-refractivity contribution is 5.94. The van der Waals surface area contributed by atoms with Gasteiger partial charge in [0.25, 0.3) is 5.91 Å². The second-order valence-electron chi connectivity index (χ2n) is 7.45. The zero-order valence-electron chi connectivity index (χ0n) is 15.1. The zero-order chi connectivity index (χ0) is 18.2. The summed E-state index contributed by atoms with van der Waals surface area (Å²) in [7, 11) is 3.49. The SMILES string of the molecule is COc1cc(C(=O)N2CCC3(CC2)C[C@H](C(=O)O)N(C)C3)ccc1C. The molecular formula is C19H26N2O4. The van der Waals surface area contributed by atoms with Gasteiger partial charge in [0.05, 0.1) is 7.11 Å². The number of methoxy groups -OCH3 is 1. The van der Waals surface area contributed by atoms with Crippen LogP contribution in [0.4, 0.5) is 0 Å². The van der Waals surface area contributed by atoms with Gasteiger partial charge in [-0.05, 0) is 56.3 Å². The summed E-state index contributed by atoms with van der Waals surface area (Å²) in [4.78, 5) is 28.0. The Morgan fingerprint density at radius 1 is 1.28 bits per heavy atom. The maximum Gasteiger partial charge on any atom is 0.320 e. The minimum atomic E-state index is -0.746. The van der Waals surface area contributed by atoms with Crippen molar-refractivity contribution in [3.05, 3.63) is 29.3 Å². The van der Waals surface area contributed by atoms with Crippen molar-refractivity contribution >= 4 is 11.9 Å². The lowest BCUT2D eigenvalue weighted by Gasteiger charge is -2.39. The average molecular weight is 346 g/mol. The molecule has 2 fully saturated rings. The maximum atomic E-state index is 12.8. The molecule has 1 amide bonds. The Bertz CT molecular complexity index is 680. The monoisotopic (exact) mass is 346 g/mol. The predicted octanol–water partition coefficient (Wildman–Crippen LogP) is 2.01. The van der Waals surface area contributed by atoms with Gasteiger partial charge in [-0.25, -0.2) is 0 Å². The molecule has 1 aromatic rings. The van der Waals surface area contributed by atoms with Crippen molar-refractivity contribution in [3.63, 3.8) is 0 Å². The summed E-state index contributed by atoms with van der Waals surface area (Å²) in [5, 5.41) is 9.34. The predicted molar refractivity (Wildman–Crippen MR) is 94.0 cm³/mol. The highest BCUT2D eigenvalue weighted by atomic mass is 16.5. The van der Waals surface area contributed by atoms with E-state index in [1.54, 1.807) is 13.2 Å². The van der Waals surface area contributed by atoms with E-state index in [2.05, 4.69) is 0 Å². The van der Waals surface area contributed by atoms with Crippen molar-refractivity contribution in [3.8, 4) is 5.75 Å². The number of carbonyl (C=O) groups is 2. The molecular weight excluding hydrogens is 320 g/mol. The fraction of sp³-hybridized carbons (Fsp3) is 0.579. The fourth-order valence-electron chi connectivity index (χ4n) is 4.23. The van der Waals surface area contributed by atoms with E-state index in [0.29, 0.717) is 25.1 Å². The molecule has 0 saturated carbocycles. The van der Waals surface area contributed by atoms with E-state index in [4.69, 9.17) is 4.74 Å².